The first-order chi connectivity index (χ1) is 7.41. The second kappa shape index (κ2) is 3.62. The van der Waals surface area contributed by atoms with Crippen LogP contribution >= 0.6 is 0 Å². The van der Waals surface area contributed by atoms with E-state index in [4.69, 9.17) is 0 Å². The molecule has 6 heteroatoms. The van der Waals surface area contributed by atoms with Crippen LogP contribution in [-0.2, 0) is 6.18 Å². The van der Waals surface area contributed by atoms with E-state index in [0.717, 1.165) is 0 Å². The Kier molecular flexibility index (Phi) is 2.53. The largest absolute Gasteiger partial charge is 0.505 e. The Morgan fingerprint density at radius 2 is 1.94 bits per heavy atom. The van der Waals surface area contributed by atoms with E-state index in [1.807, 2.05) is 0 Å². The molecule has 0 spiro atoms. The molecule has 88 valence electrons. The van der Waals surface area contributed by atoms with Crippen LogP contribution in [0.1, 0.15) is 23.6 Å². The Labute approximate surface area is 88.9 Å². The van der Waals surface area contributed by atoms with Crippen LogP contribution in [-0.4, -0.2) is 11.7 Å². The minimum Gasteiger partial charge on any atom is -0.505 e. The van der Waals surface area contributed by atoms with E-state index in [2.05, 4.69) is 5.32 Å². The molecule has 1 fully saturated rings. The molecule has 1 atom stereocenters. The van der Waals surface area contributed by atoms with E-state index in [9.17, 15) is 22.7 Å². The van der Waals surface area contributed by atoms with Gasteiger partial charge in [-0.2, -0.15) is 13.2 Å². The summed E-state index contributed by atoms with van der Waals surface area (Å²) in [4.78, 5) is 0. The summed E-state index contributed by atoms with van der Waals surface area (Å²) in [5.41, 5.74) is -1.37. The first kappa shape index (κ1) is 11.2. The molecule has 2 rings (SSSR count). The fourth-order valence-corrected chi connectivity index (χ4v) is 1.72. The van der Waals surface area contributed by atoms with Crippen molar-refractivity contribution in [2.24, 2.45) is 0 Å². The molecule has 1 aromatic rings. The van der Waals surface area contributed by atoms with Crippen molar-refractivity contribution in [3.05, 3.63) is 29.1 Å². The smallest absolute Gasteiger partial charge is 0.416 e. The first-order valence-corrected chi connectivity index (χ1v) is 4.73. The molecule has 1 aromatic carbocycles. The quantitative estimate of drug-likeness (QED) is 0.733. The molecule has 2 N–H and O–H groups in total. The summed E-state index contributed by atoms with van der Waals surface area (Å²) in [6, 6.07) is 0.664. The fourth-order valence-electron chi connectivity index (χ4n) is 1.72. The maximum absolute atomic E-state index is 13.0. The van der Waals surface area contributed by atoms with Crippen LogP contribution in [0.3, 0.4) is 0 Å². The highest BCUT2D eigenvalue weighted by atomic mass is 19.4. The summed E-state index contributed by atoms with van der Waals surface area (Å²) in [5, 5.41) is 12.1. The van der Waals surface area contributed by atoms with Crippen LogP contribution in [0, 0.1) is 5.82 Å². The van der Waals surface area contributed by atoms with Crippen LogP contribution < -0.4 is 5.32 Å². The highest BCUT2D eigenvalue weighted by Gasteiger charge is 2.38. The van der Waals surface area contributed by atoms with E-state index in [0.29, 0.717) is 25.1 Å². The Morgan fingerprint density at radius 1 is 1.31 bits per heavy atom. The molecule has 0 saturated carbocycles. The lowest BCUT2D eigenvalue weighted by atomic mass is 9.92. The Balaban J connectivity index is 2.55. The van der Waals surface area contributed by atoms with Crippen LogP contribution in [0.15, 0.2) is 12.1 Å². The third-order valence-corrected chi connectivity index (χ3v) is 2.65. The standard InChI is InChI=1S/C10H9F4NO/c11-6-2-1-5(10(12,13)14)8(9(6)16)7-3-4-15-7/h1-2,7,15-16H,3-4H2/t7-/m1/s1. The van der Waals surface area contributed by atoms with Crippen LogP contribution in [0.5, 0.6) is 5.75 Å². The summed E-state index contributed by atoms with van der Waals surface area (Å²) < 4.78 is 50.9. The molecule has 0 unspecified atom stereocenters. The zero-order chi connectivity index (χ0) is 11.9. The summed E-state index contributed by atoms with van der Waals surface area (Å²) >= 11 is 0. The number of phenolic OH excluding ortho intramolecular Hbond substituents is 1. The Hall–Kier alpha value is -1.30. The predicted molar refractivity (Wildman–Crippen MR) is 48.4 cm³/mol. The molecular formula is C10H9F4NO. The van der Waals surface area contributed by atoms with Gasteiger partial charge in [0.05, 0.1) is 5.56 Å². The number of halogens is 4. The van der Waals surface area contributed by atoms with Crippen LogP contribution in [0.25, 0.3) is 0 Å². The summed E-state index contributed by atoms with van der Waals surface area (Å²) in [5.74, 6) is -1.94. The molecule has 1 aliphatic rings. The normalized spacial score (nSPS) is 20.6. The number of alkyl halides is 3. The number of phenols is 1. The zero-order valence-electron chi connectivity index (χ0n) is 8.11. The van der Waals surface area contributed by atoms with Crippen molar-refractivity contribution in [3.8, 4) is 5.75 Å². The lowest BCUT2D eigenvalue weighted by Gasteiger charge is -2.30. The van der Waals surface area contributed by atoms with E-state index < -0.39 is 34.9 Å². The topological polar surface area (TPSA) is 32.3 Å². The molecule has 0 aromatic heterocycles. The Bertz CT molecular complexity index is 412. The van der Waals surface area contributed by atoms with Gasteiger partial charge in [-0.3, -0.25) is 0 Å². The monoisotopic (exact) mass is 235 g/mol. The average molecular weight is 235 g/mol. The van der Waals surface area contributed by atoms with Gasteiger partial charge in [-0.1, -0.05) is 0 Å². The molecule has 1 saturated heterocycles. The summed E-state index contributed by atoms with van der Waals surface area (Å²) in [7, 11) is 0. The zero-order valence-corrected chi connectivity index (χ0v) is 8.11. The maximum Gasteiger partial charge on any atom is 0.416 e. The minimum absolute atomic E-state index is 0.390. The van der Waals surface area contributed by atoms with E-state index >= 15 is 0 Å². The predicted octanol–water partition coefficient (Wildman–Crippen LogP) is 2.58. The van der Waals surface area contributed by atoms with Crippen molar-refractivity contribution in [2.75, 3.05) is 6.54 Å². The van der Waals surface area contributed by atoms with Crippen LogP contribution in [0.2, 0.25) is 0 Å². The second-order valence-electron chi connectivity index (χ2n) is 3.65. The van der Waals surface area contributed by atoms with Gasteiger partial charge in [0.25, 0.3) is 0 Å². The molecule has 0 aliphatic carbocycles. The second-order valence-corrected chi connectivity index (χ2v) is 3.65. The highest BCUT2D eigenvalue weighted by molar-refractivity contribution is 5.45. The molecule has 2 nitrogen and oxygen atoms in total. The van der Waals surface area contributed by atoms with E-state index in [1.54, 1.807) is 0 Å². The van der Waals surface area contributed by atoms with Gasteiger partial charge in [0.2, 0.25) is 0 Å². The molecule has 0 bridgehead atoms. The van der Waals surface area contributed by atoms with Gasteiger partial charge < -0.3 is 10.4 Å². The van der Waals surface area contributed by atoms with Gasteiger partial charge in [-0.05, 0) is 25.1 Å². The molecule has 0 amide bonds. The van der Waals surface area contributed by atoms with Crippen molar-refractivity contribution in [1.82, 2.24) is 5.32 Å². The number of hydrogen-bond acceptors (Lipinski definition) is 2. The fraction of sp³-hybridized carbons (Fsp3) is 0.400. The van der Waals surface area contributed by atoms with Crippen molar-refractivity contribution in [3.63, 3.8) is 0 Å². The highest BCUT2D eigenvalue weighted by Crippen LogP contribution is 2.42. The molecule has 1 heterocycles. The molecule has 0 radical (unpaired) electrons. The number of rotatable bonds is 1. The Morgan fingerprint density at radius 3 is 2.38 bits per heavy atom. The van der Waals surface area contributed by atoms with Gasteiger partial charge in [-0.25, -0.2) is 4.39 Å². The third kappa shape index (κ3) is 1.73. The molecule has 16 heavy (non-hydrogen) atoms. The van der Waals surface area contributed by atoms with Crippen molar-refractivity contribution in [1.29, 1.82) is 0 Å². The van der Waals surface area contributed by atoms with E-state index in [-0.39, 0.29) is 0 Å². The number of hydrogen-bond donors (Lipinski definition) is 2. The lowest BCUT2D eigenvalue weighted by Crippen LogP contribution is -2.36. The average Bonchev–Trinajstić information content (AvgIpc) is 2.08. The number of aromatic hydroxyl groups is 1. The summed E-state index contributed by atoms with van der Waals surface area (Å²) in [6.45, 7) is 0.567. The minimum atomic E-state index is -4.59. The van der Waals surface area contributed by atoms with Gasteiger partial charge in [0.15, 0.2) is 11.6 Å². The number of nitrogens with one attached hydrogen (secondary N) is 1. The van der Waals surface area contributed by atoms with Gasteiger partial charge in [-0.15, -0.1) is 0 Å². The first-order valence-electron chi connectivity index (χ1n) is 4.73. The maximum atomic E-state index is 13.0. The van der Waals surface area contributed by atoms with Crippen molar-refractivity contribution < 1.29 is 22.7 Å². The molecule has 1 aliphatic heterocycles. The van der Waals surface area contributed by atoms with E-state index in [1.165, 1.54) is 0 Å². The van der Waals surface area contributed by atoms with Crippen LogP contribution in [0.4, 0.5) is 17.6 Å². The third-order valence-electron chi connectivity index (χ3n) is 2.65. The van der Waals surface area contributed by atoms with Crippen molar-refractivity contribution in [2.45, 2.75) is 18.6 Å². The summed E-state index contributed by atoms with van der Waals surface area (Å²) in [6.07, 6.45) is -4.13. The van der Waals surface area contributed by atoms with Gasteiger partial charge in [0.1, 0.15) is 0 Å². The van der Waals surface area contributed by atoms with Gasteiger partial charge in [0, 0.05) is 11.6 Å². The SMILES string of the molecule is Oc1c(F)ccc(C(F)(F)F)c1[C@H]1CCN1. The number of benzene rings is 1. The van der Waals surface area contributed by atoms with Crippen molar-refractivity contribution >= 4 is 0 Å². The van der Waals surface area contributed by atoms with Gasteiger partial charge >= 0.3 is 6.18 Å². The molecular weight excluding hydrogens is 226 g/mol. The lowest BCUT2D eigenvalue weighted by molar-refractivity contribution is -0.138.